The highest BCUT2D eigenvalue weighted by molar-refractivity contribution is 5.70. The Bertz CT molecular complexity index is 962. The van der Waals surface area contributed by atoms with Crippen molar-refractivity contribution in [1.29, 1.82) is 0 Å². The van der Waals surface area contributed by atoms with Crippen molar-refractivity contribution in [3.63, 3.8) is 0 Å². The first kappa shape index (κ1) is 22.0. The van der Waals surface area contributed by atoms with Crippen molar-refractivity contribution in [1.82, 2.24) is 0 Å². The number of halogens is 1. The van der Waals surface area contributed by atoms with E-state index in [0.29, 0.717) is 31.8 Å². The normalized spacial score (nSPS) is 14.5. The first-order valence-corrected chi connectivity index (χ1v) is 10.4. The van der Waals surface area contributed by atoms with Crippen molar-refractivity contribution in [2.75, 3.05) is 19.8 Å². The second-order valence-corrected chi connectivity index (χ2v) is 7.81. The van der Waals surface area contributed by atoms with Gasteiger partial charge < -0.3 is 14.6 Å². The quantitative estimate of drug-likeness (QED) is 0.661. The van der Waals surface area contributed by atoms with Gasteiger partial charge in [0.05, 0.1) is 13.2 Å². The molecule has 2 aromatic rings. The summed E-state index contributed by atoms with van der Waals surface area (Å²) in [5, 5.41) is 8.93. The van der Waals surface area contributed by atoms with Gasteiger partial charge in [0.1, 0.15) is 18.2 Å². The molecule has 1 N–H and O–H groups in total. The molecule has 0 saturated carbocycles. The largest absolute Gasteiger partial charge is 0.489 e. The van der Waals surface area contributed by atoms with E-state index in [1.807, 2.05) is 38.1 Å². The summed E-state index contributed by atoms with van der Waals surface area (Å²) in [4.78, 5) is 10.9. The van der Waals surface area contributed by atoms with Gasteiger partial charge in [0.15, 0.2) is 0 Å². The molecule has 0 aliphatic carbocycles. The number of aliphatic carboxylic acids is 1. The second-order valence-electron chi connectivity index (χ2n) is 7.81. The number of hydrogen-bond acceptors (Lipinski definition) is 3. The first-order chi connectivity index (χ1) is 14.4. The van der Waals surface area contributed by atoms with Crippen LogP contribution in [0.2, 0.25) is 0 Å². The highest BCUT2D eigenvalue weighted by atomic mass is 19.1. The average Bonchev–Trinajstić information content (AvgIpc) is 2.96. The van der Waals surface area contributed by atoms with Crippen LogP contribution in [0.5, 0.6) is 5.75 Å². The number of carboxylic acid groups (broad SMARTS) is 1. The van der Waals surface area contributed by atoms with Gasteiger partial charge in [-0.25, -0.2) is 4.39 Å². The van der Waals surface area contributed by atoms with Crippen LogP contribution in [0, 0.1) is 26.6 Å². The fourth-order valence-electron chi connectivity index (χ4n) is 3.77. The lowest BCUT2D eigenvalue weighted by Crippen LogP contribution is -2.07. The molecule has 0 fully saturated rings. The Morgan fingerprint density at radius 1 is 1.10 bits per heavy atom. The van der Waals surface area contributed by atoms with Crippen molar-refractivity contribution < 1.29 is 23.8 Å². The fraction of sp³-hybridized carbons (Fsp3) is 0.400. The molecule has 160 valence electrons. The Labute approximate surface area is 177 Å². The zero-order chi connectivity index (χ0) is 21.7. The molecule has 0 aromatic heterocycles. The molecule has 30 heavy (non-hydrogen) atoms. The van der Waals surface area contributed by atoms with Gasteiger partial charge in [-0.3, -0.25) is 4.79 Å². The summed E-state index contributed by atoms with van der Waals surface area (Å²) in [6.07, 6.45) is 2.10. The lowest BCUT2D eigenvalue weighted by molar-refractivity contribution is -0.136. The number of carboxylic acids is 1. The molecule has 2 aromatic carbocycles. The molecule has 0 saturated heterocycles. The van der Waals surface area contributed by atoms with Crippen molar-refractivity contribution in [3.8, 4) is 5.75 Å². The van der Waals surface area contributed by atoms with Crippen molar-refractivity contribution in [2.24, 2.45) is 0 Å². The maximum absolute atomic E-state index is 14.1. The monoisotopic (exact) mass is 412 g/mol. The standard InChI is InChI=1S/C25H29FO4/c1-16-4-5-20(14-23(16)26)22-11-13-29-12-10-21(22)15-30-24-8-6-19(7-9-25(27)28)17(2)18(24)3/h4-6,8,14H,7,9-13,15H2,1-3H3,(H,27,28). The van der Waals surface area contributed by atoms with Crippen LogP contribution in [-0.2, 0) is 16.0 Å². The summed E-state index contributed by atoms with van der Waals surface area (Å²) >= 11 is 0. The zero-order valence-electron chi connectivity index (χ0n) is 17.9. The summed E-state index contributed by atoms with van der Waals surface area (Å²) in [6.45, 7) is 7.42. The lowest BCUT2D eigenvalue weighted by Gasteiger charge is -2.17. The number of hydrogen-bond donors (Lipinski definition) is 1. The van der Waals surface area contributed by atoms with E-state index in [2.05, 4.69) is 0 Å². The zero-order valence-corrected chi connectivity index (χ0v) is 17.9. The van der Waals surface area contributed by atoms with Crippen LogP contribution in [0.25, 0.3) is 5.57 Å². The minimum Gasteiger partial charge on any atom is -0.489 e. The molecule has 0 bridgehead atoms. The van der Waals surface area contributed by atoms with E-state index in [-0.39, 0.29) is 12.2 Å². The minimum atomic E-state index is -0.796. The Morgan fingerprint density at radius 2 is 1.87 bits per heavy atom. The minimum absolute atomic E-state index is 0.115. The number of ether oxygens (including phenoxy) is 2. The van der Waals surface area contributed by atoms with Gasteiger partial charge >= 0.3 is 5.97 Å². The summed E-state index contributed by atoms with van der Waals surface area (Å²) < 4.78 is 26.0. The highest BCUT2D eigenvalue weighted by Crippen LogP contribution is 2.30. The second kappa shape index (κ2) is 9.90. The molecule has 0 amide bonds. The van der Waals surface area contributed by atoms with Crippen molar-refractivity contribution in [2.45, 2.75) is 46.5 Å². The summed E-state index contributed by atoms with van der Waals surface area (Å²) in [5.41, 5.74) is 6.86. The third-order valence-electron chi connectivity index (χ3n) is 5.85. The highest BCUT2D eigenvalue weighted by Gasteiger charge is 2.16. The van der Waals surface area contributed by atoms with Gasteiger partial charge in [-0.1, -0.05) is 18.2 Å². The third-order valence-corrected chi connectivity index (χ3v) is 5.85. The Kier molecular flexibility index (Phi) is 7.27. The van der Waals surface area contributed by atoms with Crippen LogP contribution in [0.15, 0.2) is 35.9 Å². The maximum Gasteiger partial charge on any atom is 0.303 e. The van der Waals surface area contributed by atoms with E-state index < -0.39 is 5.97 Å². The molecule has 0 radical (unpaired) electrons. The Hall–Kier alpha value is -2.66. The molecule has 1 heterocycles. The predicted molar refractivity (Wildman–Crippen MR) is 115 cm³/mol. The van der Waals surface area contributed by atoms with E-state index >= 15 is 0 Å². The molecule has 5 heteroatoms. The number of carbonyl (C=O) groups is 1. The van der Waals surface area contributed by atoms with Gasteiger partial charge in [-0.05, 0) is 91.1 Å². The van der Waals surface area contributed by atoms with Crippen LogP contribution in [-0.4, -0.2) is 30.9 Å². The van der Waals surface area contributed by atoms with Crippen LogP contribution in [0.4, 0.5) is 4.39 Å². The van der Waals surface area contributed by atoms with Crippen molar-refractivity contribution in [3.05, 3.63) is 69.5 Å². The van der Waals surface area contributed by atoms with Gasteiger partial charge in [0.25, 0.3) is 0 Å². The van der Waals surface area contributed by atoms with Crippen LogP contribution in [0.3, 0.4) is 0 Å². The van der Waals surface area contributed by atoms with Crippen LogP contribution < -0.4 is 4.74 Å². The van der Waals surface area contributed by atoms with E-state index in [4.69, 9.17) is 14.6 Å². The molecular weight excluding hydrogens is 383 g/mol. The average molecular weight is 413 g/mol. The molecule has 1 aliphatic rings. The predicted octanol–water partition coefficient (Wildman–Crippen LogP) is 5.41. The van der Waals surface area contributed by atoms with Gasteiger partial charge in [-0.15, -0.1) is 0 Å². The molecular formula is C25H29FO4. The smallest absolute Gasteiger partial charge is 0.303 e. The Balaban J connectivity index is 1.82. The lowest BCUT2D eigenvalue weighted by atomic mass is 9.95. The van der Waals surface area contributed by atoms with Crippen LogP contribution >= 0.6 is 0 Å². The van der Waals surface area contributed by atoms with Crippen molar-refractivity contribution >= 4 is 11.5 Å². The molecule has 0 atom stereocenters. The molecule has 0 spiro atoms. The topological polar surface area (TPSA) is 55.8 Å². The van der Waals surface area contributed by atoms with E-state index in [9.17, 15) is 9.18 Å². The molecule has 4 nitrogen and oxygen atoms in total. The molecule has 3 rings (SSSR count). The number of aryl methyl sites for hydroxylation is 2. The SMILES string of the molecule is Cc1ccc(C2=C(COc3ccc(CCC(=O)O)c(C)c3C)CCOCC2)cc1F. The van der Waals surface area contributed by atoms with E-state index in [1.165, 1.54) is 0 Å². The van der Waals surface area contributed by atoms with E-state index in [1.54, 1.807) is 13.0 Å². The Morgan fingerprint density at radius 3 is 2.60 bits per heavy atom. The van der Waals surface area contributed by atoms with Gasteiger partial charge in [-0.2, -0.15) is 0 Å². The third kappa shape index (κ3) is 5.28. The summed E-state index contributed by atoms with van der Waals surface area (Å²) in [7, 11) is 0. The summed E-state index contributed by atoms with van der Waals surface area (Å²) in [5.74, 6) is -0.206. The maximum atomic E-state index is 14.1. The molecule has 0 unspecified atom stereocenters. The van der Waals surface area contributed by atoms with Gasteiger partial charge in [0.2, 0.25) is 0 Å². The van der Waals surface area contributed by atoms with Crippen LogP contribution in [0.1, 0.15) is 47.1 Å². The van der Waals surface area contributed by atoms with Gasteiger partial charge in [0, 0.05) is 6.42 Å². The van der Waals surface area contributed by atoms with E-state index in [0.717, 1.165) is 52.0 Å². The molecule has 1 aliphatic heterocycles. The fourth-order valence-corrected chi connectivity index (χ4v) is 3.77. The first-order valence-electron chi connectivity index (χ1n) is 10.4. The number of benzene rings is 2. The number of rotatable bonds is 7. The summed E-state index contributed by atoms with van der Waals surface area (Å²) in [6, 6.07) is 9.24.